The highest BCUT2D eigenvalue weighted by atomic mass is 16.1. The second-order valence-electron chi connectivity index (χ2n) is 4.41. The van der Waals surface area contributed by atoms with Crippen LogP contribution in [0, 0.1) is 12.8 Å². The lowest BCUT2D eigenvalue weighted by molar-refractivity contribution is 0.0939. The van der Waals surface area contributed by atoms with Crippen molar-refractivity contribution in [2.75, 3.05) is 19.0 Å². The predicted octanol–water partition coefficient (Wildman–Crippen LogP) is 2.90. The molecule has 2 heteroatoms. The molecule has 0 aliphatic rings. The maximum atomic E-state index is 11.8. The van der Waals surface area contributed by atoms with Crippen molar-refractivity contribution in [1.82, 2.24) is 0 Å². The van der Waals surface area contributed by atoms with E-state index in [0.717, 1.165) is 16.8 Å². The SMILES string of the molecule is Cc1cc(C(=O)C(C)C)ccc1N(C)C. The normalized spacial score (nSPS) is 10.5. The molecule has 0 spiro atoms. The fraction of sp³-hybridized carbons (Fsp3) is 0.462. The van der Waals surface area contributed by atoms with Crippen LogP contribution >= 0.6 is 0 Å². The van der Waals surface area contributed by atoms with Crippen LogP contribution in [0.5, 0.6) is 0 Å². The van der Waals surface area contributed by atoms with Gasteiger partial charge in [-0.25, -0.2) is 0 Å². The van der Waals surface area contributed by atoms with Gasteiger partial charge in [-0.05, 0) is 30.7 Å². The molecule has 2 nitrogen and oxygen atoms in total. The molecule has 0 saturated carbocycles. The highest BCUT2D eigenvalue weighted by Gasteiger charge is 2.11. The molecule has 15 heavy (non-hydrogen) atoms. The zero-order valence-corrected chi connectivity index (χ0v) is 10.2. The molecular formula is C13H19NO. The first-order valence-electron chi connectivity index (χ1n) is 5.25. The van der Waals surface area contributed by atoms with Gasteiger partial charge in [-0.15, -0.1) is 0 Å². The molecule has 0 aliphatic carbocycles. The summed E-state index contributed by atoms with van der Waals surface area (Å²) in [5.74, 6) is 0.276. The summed E-state index contributed by atoms with van der Waals surface area (Å²) in [7, 11) is 4.01. The summed E-state index contributed by atoms with van der Waals surface area (Å²) in [6.07, 6.45) is 0. The van der Waals surface area contributed by atoms with Gasteiger partial charge in [0.1, 0.15) is 0 Å². The second-order valence-corrected chi connectivity index (χ2v) is 4.41. The molecule has 0 aliphatic heterocycles. The van der Waals surface area contributed by atoms with E-state index in [4.69, 9.17) is 0 Å². The third kappa shape index (κ3) is 2.58. The molecule has 0 saturated heterocycles. The number of hydrogen-bond donors (Lipinski definition) is 0. The van der Waals surface area contributed by atoms with Crippen molar-refractivity contribution in [1.29, 1.82) is 0 Å². The zero-order valence-electron chi connectivity index (χ0n) is 10.2. The first-order chi connectivity index (χ1) is 6.93. The van der Waals surface area contributed by atoms with Crippen LogP contribution in [0.2, 0.25) is 0 Å². The Kier molecular flexibility index (Phi) is 3.51. The van der Waals surface area contributed by atoms with Crippen molar-refractivity contribution in [2.24, 2.45) is 5.92 Å². The van der Waals surface area contributed by atoms with E-state index in [1.54, 1.807) is 0 Å². The molecule has 0 N–H and O–H groups in total. The third-order valence-corrected chi connectivity index (χ3v) is 2.49. The number of rotatable bonds is 3. The number of ketones is 1. The van der Waals surface area contributed by atoms with E-state index in [2.05, 4.69) is 4.90 Å². The number of nitrogens with zero attached hydrogens (tertiary/aromatic N) is 1. The minimum Gasteiger partial charge on any atom is -0.377 e. The van der Waals surface area contributed by atoms with Gasteiger partial charge >= 0.3 is 0 Å². The lowest BCUT2D eigenvalue weighted by atomic mass is 9.99. The lowest BCUT2D eigenvalue weighted by Crippen LogP contribution is -2.12. The molecule has 0 amide bonds. The second kappa shape index (κ2) is 4.47. The van der Waals surface area contributed by atoms with Crippen LogP contribution in [0.1, 0.15) is 29.8 Å². The van der Waals surface area contributed by atoms with Crippen molar-refractivity contribution in [3.8, 4) is 0 Å². The maximum absolute atomic E-state index is 11.8. The van der Waals surface area contributed by atoms with Crippen LogP contribution in [-0.2, 0) is 0 Å². The maximum Gasteiger partial charge on any atom is 0.165 e. The topological polar surface area (TPSA) is 20.3 Å². The van der Waals surface area contributed by atoms with Crippen molar-refractivity contribution >= 4 is 11.5 Å². The van der Waals surface area contributed by atoms with E-state index in [-0.39, 0.29) is 11.7 Å². The van der Waals surface area contributed by atoms with Gasteiger partial charge in [0.2, 0.25) is 0 Å². The van der Waals surface area contributed by atoms with Gasteiger partial charge in [0.15, 0.2) is 5.78 Å². The van der Waals surface area contributed by atoms with Gasteiger partial charge in [0.05, 0.1) is 0 Å². The Balaban J connectivity index is 3.07. The minimum absolute atomic E-state index is 0.0645. The molecule has 0 unspecified atom stereocenters. The molecule has 0 heterocycles. The summed E-state index contributed by atoms with van der Waals surface area (Å²) in [4.78, 5) is 13.8. The van der Waals surface area contributed by atoms with Gasteiger partial charge in [-0.2, -0.15) is 0 Å². The lowest BCUT2D eigenvalue weighted by Gasteiger charge is -2.16. The van der Waals surface area contributed by atoms with E-state index in [1.807, 2.05) is 53.1 Å². The van der Waals surface area contributed by atoms with Crippen molar-refractivity contribution in [3.05, 3.63) is 29.3 Å². The number of aryl methyl sites for hydroxylation is 1. The molecule has 0 atom stereocenters. The fourth-order valence-corrected chi connectivity index (χ4v) is 1.64. The van der Waals surface area contributed by atoms with Crippen molar-refractivity contribution in [2.45, 2.75) is 20.8 Å². The standard InChI is InChI=1S/C13H19NO/c1-9(2)13(15)11-6-7-12(14(4)5)10(3)8-11/h6-9H,1-5H3. The van der Waals surface area contributed by atoms with Crippen LogP contribution in [0.4, 0.5) is 5.69 Å². The smallest absolute Gasteiger partial charge is 0.165 e. The summed E-state index contributed by atoms with van der Waals surface area (Å²) in [5, 5.41) is 0. The van der Waals surface area contributed by atoms with Crippen LogP contribution in [-0.4, -0.2) is 19.9 Å². The number of benzene rings is 1. The van der Waals surface area contributed by atoms with Gasteiger partial charge in [-0.3, -0.25) is 4.79 Å². The van der Waals surface area contributed by atoms with Gasteiger partial charge in [0, 0.05) is 31.3 Å². The van der Waals surface area contributed by atoms with Crippen molar-refractivity contribution < 1.29 is 4.79 Å². The highest BCUT2D eigenvalue weighted by molar-refractivity contribution is 5.98. The van der Waals surface area contributed by atoms with Crippen LogP contribution in [0.15, 0.2) is 18.2 Å². The quantitative estimate of drug-likeness (QED) is 0.707. The highest BCUT2D eigenvalue weighted by Crippen LogP contribution is 2.20. The average Bonchev–Trinajstić information content (AvgIpc) is 2.15. The summed E-state index contributed by atoms with van der Waals surface area (Å²) >= 11 is 0. The molecule has 0 radical (unpaired) electrons. The minimum atomic E-state index is 0.0645. The molecule has 1 aromatic carbocycles. The number of Topliss-reactive ketones (excluding diaryl/α,β-unsaturated/α-hetero) is 1. The Morgan fingerprint density at radius 1 is 1.27 bits per heavy atom. The van der Waals surface area contributed by atoms with Crippen molar-refractivity contribution in [3.63, 3.8) is 0 Å². The molecule has 1 rings (SSSR count). The first-order valence-corrected chi connectivity index (χ1v) is 5.25. The molecule has 0 aromatic heterocycles. The largest absolute Gasteiger partial charge is 0.377 e. The van der Waals surface area contributed by atoms with E-state index in [9.17, 15) is 4.79 Å². The third-order valence-electron chi connectivity index (χ3n) is 2.49. The Morgan fingerprint density at radius 3 is 2.27 bits per heavy atom. The average molecular weight is 205 g/mol. The zero-order chi connectivity index (χ0) is 11.6. The first kappa shape index (κ1) is 11.8. The van der Waals surface area contributed by atoms with E-state index in [0.29, 0.717) is 0 Å². The van der Waals surface area contributed by atoms with Gasteiger partial charge in [-0.1, -0.05) is 13.8 Å². The Labute approximate surface area is 91.9 Å². The Bertz CT molecular complexity index is 367. The molecule has 0 fully saturated rings. The summed E-state index contributed by atoms with van der Waals surface area (Å²) < 4.78 is 0. The number of anilines is 1. The van der Waals surface area contributed by atoms with Crippen LogP contribution < -0.4 is 4.90 Å². The molecule has 1 aromatic rings. The van der Waals surface area contributed by atoms with E-state index < -0.39 is 0 Å². The monoisotopic (exact) mass is 205 g/mol. The van der Waals surface area contributed by atoms with E-state index in [1.165, 1.54) is 0 Å². The predicted molar refractivity (Wildman–Crippen MR) is 64.7 cm³/mol. The van der Waals surface area contributed by atoms with Gasteiger partial charge < -0.3 is 4.90 Å². The van der Waals surface area contributed by atoms with Crippen LogP contribution in [0.25, 0.3) is 0 Å². The molecule has 82 valence electrons. The Morgan fingerprint density at radius 2 is 1.87 bits per heavy atom. The summed E-state index contributed by atoms with van der Waals surface area (Å²) in [6.45, 7) is 5.89. The number of carbonyl (C=O) groups excluding carboxylic acids is 1. The van der Waals surface area contributed by atoms with Gasteiger partial charge in [0.25, 0.3) is 0 Å². The number of carbonyl (C=O) groups is 1. The van der Waals surface area contributed by atoms with E-state index >= 15 is 0 Å². The summed E-state index contributed by atoms with van der Waals surface area (Å²) in [5.41, 5.74) is 3.12. The summed E-state index contributed by atoms with van der Waals surface area (Å²) in [6, 6.07) is 5.88. The van der Waals surface area contributed by atoms with Crippen LogP contribution in [0.3, 0.4) is 0 Å². The Hall–Kier alpha value is -1.31. The number of hydrogen-bond acceptors (Lipinski definition) is 2. The molecule has 0 bridgehead atoms. The molecular weight excluding hydrogens is 186 g/mol. The fourth-order valence-electron chi connectivity index (χ4n) is 1.64.